The Balaban J connectivity index is 1.43. The van der Waals surface area contributed by atoms with E-state index in [0.29, 0.717) is 36.2 Å². The molecule has 0 atom stereocenters. The molecular formula is C24H26N6O2. The fraction of sp³-hybridized carbons (Fsp3) is 0.250. The average molecular weight is 431 g/mol. The zero-order valence-corrected chi connectivity index (χ0v) is 18.4. The van der Waals surface area contributed by atoms with Crippen LogP contribution in [0.15, 0.2) is 65.8 Å². The molecular weight excluding hydrogens is 404 g/mol. The van der Waals surface area contributed by atoms with Crippen molar-refractivity contribution in [3.63, 3.8) is 0 Å². The molecule has 1 N–H and O–H groups in total. The number of fused-ring (bicyclic) bond motifs is 1. The molecule has 4 aromatic rings. The van der Waals surface area contributed by atoms with Gasteiger partial charge in [-0.3, -0.25) is 14.2 Å². The topological polar surface area (TPSA) is 85.1 Å². The highest BCUT2D eigenvalue weighted by Gasteiger charge is 2.12. The number of nitrogens with zero attached hydrogens (tertiary/aromatic N) is 5. The quantitative estimate of drug-likeness (QED) is 0.487. The van der Waals surface area contributed by atoms with Crippen LogP contribution < -0.4 is 15.8 Å². The molecule has 0 aliphatic rings. The Labute approximate surface area is 186 Å². The first kappa shape index (κ1) is 21.3. The molecule has 0 aliphatic carbocycles. The van der Waals surface area contributed by atoms with E-state index in [4.69, 9.17) is 0 Å². The van der Waals surface area contributed by atoms with Gasteiger partial charge in [0.2, 0.25) is 0 Å². The number of carbonyl (C=O) groups is 1. The molecule has 0 bridgehead atoms. The lowest BCUT2D eigenvalue weighted by molar-refractivity contribution is 0.0952. The third-order valence-electron chi connectivity index (χ3n) is 5.33. The molecule has 0 saturated heterocycles. The largest absolute Gasteiger partial charge is 0.378 e. The van der Waals surface area contributed by atoms with Crippen molar-refractivity contribution in [3.8, 4) is 0 Å². The van der Waals surface area contributed by atoms with E-state index in [-0.39, 0.29) is 11.5 Å². The summed E-state index contributed by atoms with van der Waals surface area (Å²) in [4.78, 5) is 31.7. The van der Waals surface area contributed by atoms with E-state index >= 15 is 0 Å². The van der Waals surface area contributed by atoms with Crippen molar-refractivity contribution in [2.24, 2.45) is 0 Å². The van der Waals surface area contributed by atoms with Crippen LogP contribution in [0.2, 0.25) is 0 Å². The summed E-state index contributed by atoms with van der Waals surface area (Å²) in [6.07, 6.45) is 3.09. The van der Waals surface area contributed by atoms with Crippen molar-refractivity contribution in [1.82, 2.24) is 24.6 Å². The summed E-state index contributed by atoms with van der Waals surface area (Å²) in [6.45, 7) is 3.27. The molecule has 2 aromatic carbocycles. The maximum Gasteiger partial charge on any atom is 0.264 e. The van der Waals surface area contributed by atoms with Crippen molar-refractivity contribution < 1.29 is 4.79 Å². The summed E-state index contributed by atoms with van der Waals surface area (Å²) in [5.41, 5.74) is 4.14. The van der Waals surface area contributed by atoms with Gasteiger partial charge in [-0.1, -0.05) is 35.9 Å². The molecule has 8 nitrogen and oxygen atoms in total. The van der Waals surface area contributed by atoms with E-state index in [1.165, 1.54) is 5.56 Å². The third-order valence-corrected chi connectivity index (χ3v) is 5.33. The van der Waals surface area contributed by atoms with Crippen molar-refractivity contribution >= 4 is 22.6 Å². The molecule has 32 heavy (non-hydrogen) atoms. The van der Waals surface area contributed by atoms with Gasteiger partial charge in [0.05, 0.1) is 19.3 Å². The molecule has 8 heteroatoms. The van der Waals surface area contributed by atoms with Gasteiger partial charge in [0.15, 0.2) is 5.65 Å². The van der Waals surface area contributed by atoms with Crippen LogP contribution >= 0.6 is 0 Å². The number of amides is 1. The number of hydrogen-bond donors (Lipinski definition) is 1. The van der Waals surface area contributed by atoms with Crippen LogP contribution in [0.25, 0.3) is 11.0 Å². The van der Waals surface area contributed by atoms with Crippen LogP contribution in [0.1, 0.15) is 21.5 Å². The molecule has 0 aliphatic heterocycles. The van der Waals surface area contributed by atoms with Gasteiger partial charge < -0.3 is 10.2 Å². The molecule has 0 radical (unpaired) electrons. The summed E-state index contributed by atoms with van der Waals surface area (Å²) >= 11 is 0. The Morgan fingerprint density at radius 2 is 1.91 bits per heavy atom. The van der Waals surface area contributed by atoms with Crippen LogP contribution in [0.4, 0.5) is 5.69 Å². The van der Waals surface area contributed by atoms with Gasteiger partial charge in [-0.15, -0.1) is 0 Å². The zero-order valence-electron chi connectivity index (χ0n) is 18.4. The standard InChI is InChI=1S/C24H26N6O2/c1-17-7-9-18(10-8-17)15-29-16-26-22-21(24(29)32)14-27-30(22)12-11-25-23(31)19-5-4-6-20(13-19)28(2)3/h4-10,13-14,16H,11-12,15H2,1-3H3,(H,25,31). The Bertz CT molecular complexity index is 1300. The van der Waals surface area contributed by atoms with Gasteiger partial charge in [-0.2, -0.15) is 5.10 Å². The number of anilines is 1. The molecule has 0 unspecified atom stereocenters. The maximum absolute atomic E-state index is 12.9. The highest BCUT2D eigenvalue weighted by atomic mass is 16.1. The molecule has 0 fully saturated rings. The van der Waals surface area contributed by atoms with E-state index in [1.807, 2.05) is 68.4 Å². The first-order chi connectivity index (χ1) is 15.4. The number of aryl methyl sites for hydroxylation is 1. The molecule has 4 rings (SSSR count). The SMILES string of the molecule is Cc1ccc(Cn2cnc3c(cnn3CCNC(=O)c3cccc(N(C)C)c3)c2=O)cc1. The second-order valence-corrected chi connectivity index (χ2v) is 7.97. The van der Waals surface area contributed by atoms with E-state index in [2.05, 4.69) is 15.4 Å². The predicted octanol–water partition coefficient (Wildman–Crippen LogP) is 2.45. The predicted molar refractivity (Wildman–Crippen MR) is 125 cm³/mol. The minimum atomic E-state index is -0.154. The van der Waals surface area contributed by atoms with Gasteiger partial charge >= 0.3 is 0 Å². The second-order valence-electron chi connectivity index (χ2n) is 7.97. The summed E-state index contributed by atoms with van der Waals surface area (Å²) in [7, 11) is 3.86. The highest BCUT2D eigenvalue weighted by Crippen LogP contribution is 2.13. The third kappa shape index (κ3) is 4.54. The highest BCUT2D eigenvalue weighted by molar-refractivity contribution is 5.95. The van der Waals surface area contributed by atoms with E-state index < -0.39 is 0 Å². The number of carbonyl (C=O) groups excluding carboxylic acids is 1. The smallest absolute Gasteiger partial charge is 0.264 e. The number of hydrogen-bond acceptors (Lipinski definition) is 5. The van der Waals surface area contributed by atoms with Crippen LogP contribution in [-0.2, 0) is 13.1 Å². The lowest BCUT2D eigenvalue weighted by Crippen LogP contribution is -2.28. The van der Waals surface area contributed by atoms with Gasteiger partial charge in [-0.05, 0) is 30.7 Å². The van der Waals surface area contributed by atoms with Crippen LogP contribution in [0.5, 0.6) is 0 Å². The molecule has 2 aromatic heterocycles. The monoisotopic (exact) mass is 430 g/mol. The average Bonchev–Trinajstić information content (AvgIpc) is 3.21. The van der Waals surface area contributed by atoms with Crippen LogP contribution in [-0.4, -0.2) is 45.9 Å². The minimum absolute atomic E-state index is 0.133. The van der Waals surface area contributed by atoms with E-state index in [1.54, 1.807) is 27.8 Å². The van der Waals surface area contributed by atoms with Gasteiger partial charge in [0.25, 0.3) is 11.5 Å². The van der Waals surface area contributed by atoms with Crippen molar-refractivity contribution in [1.29, 1.82) is 0 Å². The molecule has 1 amide bonds. The number of rotatable bonds is 7. The lowest BCUT2D eigenvalue weighted by Gasteiger charge is -2.13. The summed E-state index contributed by atoms with van der Waals surface area (Å²) in [5, 5.41) is 7.67. The Kier molecular flexibility index (Phi) is 6.02. The van der Waals surface area contributed by atoms with Gasteiger partial charge in [0.1, 0.15) is 11.7 Å². The summed E-state index contributed by atoms with van der Waals surface area (Å²) < 4.78 is 3.22. The molecule has 0 saturated carbocycles. The van der Waals surface area contributed by atoms with E-state index in [9.17, 15) is 9.59 Å². The van der Waals surface area contributed by atoms with Gasteiger partial charge in [0, 0.05) is 31.9 Å². The second kappa shape index (κ2) is 9.05. The fourth-order valence-electron chi connectivity index (χ4n) is 3.47. The molecule has 0 spiro atoms. The summed E-state index contributed by atoms with van der Waals surface area (Å²) in [5.74, 6) is -0.154. The Morgan fingerprint density at radius 3 is 2.66 bits per heavy atom. The lowest BCUT2D eigenvalue weighted by atomic mass is 10.1. The fourth-order valence-corrected chi connectivity index (χ4v) is 3.47. The van der Waals surface area contributed by atoms with E-state index in [0.717, 1.165) is 11.3 Å². The summed E-state index contributed by atoms with van der Waals surface area (Å²) in [6, 6.07) is 15.5. The first-order valence-electron chi connectivity index (χ1n) is 10.4. The number of aromatic nitrogens is 4. The maximum atomic E-state index is 12.9. The van der Waals surface area contributed by atoms with Crippen molar-refractivity contribution in [3.05, 3.63) is 88.1 Å². The minimum Gasteiger partial charge on any atom is -0.378 e. The Morgan fingerprint density at radius 1 is 1.12 bits per heavy atom. The zero-order chi connectivity index (χ0) is 22.7. The molecule has 2 heterocycles. The van der Waals surface area contributed by atoms with Crippen LogP contribution in [0, 0.1) is 6.92 Å². The van der Waals surface area contributed by atoms with Gasteiger partial charge in [-0.25, -0.2) is 9.67 Å². The number of benzene rings is 2. The molecule has 164 valence electrons. The number of nitrogens with one attached hydrogen (secondary N) is 1. The first-order valence-corrected chi connectivity index (χ1v) is 10.4. The van der Waals surface area contributed by atoms with Crippen molar-refractivity contribution in [2.75, 3.05) is 25.5 Å². The van der Waals surface area contributed by atoms with Crippen molar-refractivity contribution in [2.45, 2.75) is 20.0 Å². The Hall–Kier alpha value is -3.94. The normalized spacial score (nSPS) is 11.0. The van der Waals surface area contributed by atoms with Crippen LogP contribution in [0.3, 0.4) is 0 Å².